The summed E-state index contributed by atoms with van der Waals surface area (Å²) in [7, 11) is 1.47. The molecule has 3 nitrogen and oxygen atoms in total. The van der Waals surface area contributed by atoms with E-state index in [0.717, 1.165) is 19.4 Å². The maximum Gasteiger partial charge on any atom is 0.168 e. The van der Waals surface area contributed by atoms with E-state index in [2.05, 4.69) is 0 Å². The van der Waals surface area contributed by atoms with Crippen LogP contribution in [0.1, 0.15) is 18.4 Å². The van der Waals surface area contributed by atoms with Crippen LogP contribution in [0, 0.1) is 11.7 Å². The molecule has 0 aliphatic carbocycles. The van der Waals surface area contributed by atoms with Crippen LogP contribution in [0.15, 0.2) is 18.2 Å². The topological polar surface area (TPSA) is 44.5 Å². The van der Waals surface area contributed by atoms with Crippen molar-refractivity contribution in [1.82, 2.24) is 0 Å². The first-order chi connectivity index (χ1) is 8.72. The molecule has 1 aromatic carbocycles. The first-order valence-corrected chi connectivity index (χ1v) is 6.37. The molecule has 0 bridgehead atoms. The van der Waals surface area contributed by atoms with E-state index in [1.807, 2.05) is 0 Å². The van der Waals surface area contributed by atoms with Crippen molar-refractivity contribution in [3.05, 3.63) is 29.6 Å². The van der Waals surface area contributed by atoms with Gasteiger partial charge in [-0.3, -0.25) is 0 Å². The summed E-state index contributed by atoms with van der Waals surface area (Å²) in [6.45, 7) is 1.50. The van der Waals surface area contributed by atoms with Crippen LogP contribution >= 0.6 is 0 Å². The molecule has 0 aromatic heterocycles. The number of benzene rings is 1. The Morgan fingerprint density at radius 1 is 1.56 bits per heavy atom. The summed E-state index contributed by atoms with van der Waals surface area (Å²) in [5, 5.41) is 0. The standard InChI is InChI=1S/C14H20FNO2/c1-17-13-6-2-4-10(14(13)15)8-12(16)11-5-3-7-18-9-11/h2,4,6,11-12H,3,5,7-9,16H2,1H3. The summed E-state index contributed by atoms with van der Waals surface area (Å²) >= 11 is 0. The summed E-state index contributed by atoms with van der Waals surface area (Å²) in [5.74, 6) is 0.302. The van der Waals surface area contributed by atoms with Crippen molar-refractivity contribution in [2.45, 2.75) is 25.3 Å². The normalized spacial score (nSPS) is 21.6. The highest BCUT2D eigenvalue weighted by Crippen LogP contribution is 2.24. The third-order valence-electron chi connectivity index (χ3n) is 3.52. The fourth-order valence-corrected chi connectivity index (χ4v) is 2.40. The van der Waals surface area contributed by atoms with Crippen molar-refractivity contribution in [2.75, 3.05) is 20.3 Å². The number of hydrogen-bond donors (Lipinski definition) is 1. The third-order valence-corrected chi connectivity index (χ3v) is 3.52. The Morgan fingerprint density at radius 2 is 2.39 bits per heavy atom. The Bertz CT molecular complexity index is 391. The SMILES string of the molecule is COc1cccc(CC(N)C2CCCOC2)c1F. The number of rotatable bonds is 4. The lowest BCUT2D eigenvalue weighted by molar-refractivity contribution is 0.0449. The van der Waals surface area contributed by atoms with Gasteiger partial charge in [0.1, 0.15) is 0 Å². The largest absolute Gasteiger partial charge is 0.494 e. The van der Waals surface area contributed by atoms with Gasteiger partial charge in [0.25, 0.3) is 0 Å². The number of nitrogens with two attached hydrogens (primary N) is 1. The van der Waals surface area contributed by atoms with E-state index >= 15 is 0 Å². The van der Waals surface area contributed by atoms with Crippen molar-refractivity contribution in [2.24, 2.45) is 11.7 Å². The molecule has 2 rings (SSSR count). The van der Waals surface area contributed by atoms with Gasteiger partial charge >= 0.3 is 0 Å². The van der Waals surface area contributed by atoms with Crippen LogP contribution in [-0.4, -0.2) is 26.4 Å². The maximum atomic E-state index is 14.0. The zero-order chi connectivity index (χ0) is 13.0. The Hall–Kier alpha value is -1.13. The molecule has 2 unspecified atom stereocenters. The van der Waals surface area contributed by atoms with Crippen LogP contribution in [0.4, 0.5) is 4.39 Å². The minimum atomic E-state index is -0.299. The van der Waals surface area contributed by atoms with E-state index in [4.69, 9.17) is 15.2 Å². The predicted octanol–water partition coefficient (Wildman–Crippen LogP) is 2.13. The molecular formula is C14H20FNO2. The summed E-state index contributed by atoms with van der Waals surface area (Å²) in [4.78, 5) is 0. The molecule has 1 saturated heterocycles. The second kappa shape index (κ2) is 6.16. The van der Waals surface area contributed by atoms with Gasteiger partial charge in [0.2, 0.25) is 0 Å². The fourth-order valence-electron chi connectivity index (χ4n) is 2.40. The van der Waals surface area contributed by atoms with Gasteiger partial charge in [-0.25, -0.2) is 4.39 Å². The molecule has 1 heterocycles. The van der Waals surface area contributed by atoms with Crippen molar-refractivity contribution < 1.29 is 13.9 Å². The monoisotopic (exact) mass is 253 g/mol. The van der Waals surface area contributed by atoms with Crippen LogP contribution in [0.2, 0.25) is 0 Å². The quantitative estimate of drug-likeness (QED) is 0.894. The molecule has 0 radical (unpaired) electrons. The summed E-state index contributed by atoms with van der Waals surface area (Å²) < 4.78 is 24.4. The van der Waals surface area contributed by atoms with E-state index in [9.17, 15) is 4.39 Å². The van der Waals surface area contributed by atoms with Gasteiger partial charge < -0.3 is 15.2 Å². The molecule has 1 aromatic rings. The predicted molar refractivity (Wildman–Crippen MR) is 68.2 cm³/mol. The van der Waals surface area contributed by atoms with E-state index < -0.39 is 0 Å². The van der Waals surface area contributed by atoms with Crippen molar-refractivity contribution >= 4 is 0 Å². The number of ether oxygens (including phenoxy) is 2. The third kappa shape index (κ3) is 3.00. The highest BCUT2D eigenvalue weighted by Gasteiger charge is 2.22. The average molecular weight is 253 g/mol. The number of hydrogen-bond acceptors (Lipinski definition) is 3. The molecule has 2 N–H and O–H groups in total. The maximum absolute atomic E-state index is 14.0. The number of halogens is 1. The molecule has 2 atom stereocenters. The van der Waals surface area contributed by atoms with E-state index in [-0.39, 0.29) is 17.6 Å². The van der Waals surface area contributed by atoms with Gasteiger partial charge in [-0.15, -0.1) is 0 Å². The molecule has 18 heavy (non-hydrogen) atoms. The summed E-state index contributed by atoms with van der Waals surface area (Å²) in [6.07, 6.45) is 2.63. The van der Waals surface area contributed by atoms with Gasteiger partial charge in [0.05, 0.1) is 13.7 Å². The first kappa shape index (κ1) is 13.3. The van der Waals surface area contributed by atoms with Crippen LogP contribution in [0.3, 0.4) is 0 Å². The fraction of sp³-hybridized carbons (Fsp3) is 0.571. The van der Waals surface area contributed by atoms with Crippen molar-refractivity contribution in [1.29, 1.82) is 0 Å². The highest BCUT2D eigenvalue weighted by atomic mass is 19.1. The molecule has 1 fully saturated rings. The molecule has 1 aliphatic rings. The average Bonchev–Trinajstić information content (AvgIpc) is 2.42. The molecule has 4 heteroatoms. The minimum Gasteiger partial charge on any atom is -0.494 e. The molecule has 0 saturated carbocycles. The minimum absolute atomic E-state index is 0.0630. The zero-order valence-corrected chi connectivity index (χ0v) is 10.7. The zero-order valence-electron chi connectivity index (χ0n) is 10.7. The smallest absolute Gasteiger partial charge is 0.168 e. The van der Waals surface area contributed by atoms with Gasteiger partial charge in [0.15, 0.2) is 11.6 Å². The molecule has 0 amide bonds. The first-order valence-electron chi connectivity index (χ1n) is 6.37. The second-order valence-electron chi connectivity index (χ2n) is 4.78. The van der Waals surface area contributed by atoms with Crippen LogP contribution in [0.25, 0.3) is 0 Å². The van der Waals surface area contributed by atoms with Crippen LogP contribution in [-0.2, 0) is 11.2 Å². The van der Waals surface area contributed by atoms with Crippen LogP contribution < -0.4 is 10.5 Å². The van der Waals surface area contributed by atoms with Crippen LogP contribution in [0.5, 0.6) is 5.75 Å². The highest BCUT2D eigenvalue weighted by molar-refractivity contribution is 5.31. The van der Waals surface area contributed by atoms with E-state index in [0.29, 0.717) is 24.5 Å². The van der Waals surface area contributed by atoms with Crippen molar-refractivity contribution in [3.63, 3.8) is 0 Å². The van der Waals surface area contributed by atoms with Gasteiger partial charge in [-0.1, -0.05) is 12.1 Å². The lowest BCUT2D eigenvalue weighted by Gasteiger charge is -2.27. The van der Waals surface area contributed by atoms with E-state index in [1.54, 1.807) is 18.2 Å². The molecule has 1 aliphatic heterocycles. The summed E-state index contributed by atoms with van der Waals surface area (Å²) in [6, 6.07) is 5.11. The molecular weight excluding hydrogens is 233 g/mol. The second-order valence-corrected chi connectivity index (χ2v) is 4.78. The number of methoxy groups -OCH3 is 1. The lowest BCUT2D eigenvalue weighted by Crippen LogP contribution is -2.37. The Balaban J connectivity index is 2.04. The van der Waals surface area contributed by atoms with E-state index in [1.165, 1.54) is 7.11 Å². The van der Waals surface area contributed by atoms with Crippen molar-refractivity contribution in [3.8, 4) is 5.75 Å². The Labute approximate surface area is 107 Å². The van der Waals surface area contributed by atoms with Gasteiger partial charge in [-0.2, -0.15) is 0 Å². The van der Waals surface area contributed by atoms with Gasteiger partial charge in [0, 0.05) is 12.6 Å². The molecule has 100 valence electrons. The Morgan fingerprint density at radius 3 is 3.06 bits per heavy atom. The lowest BCUT2D eigenvalue weighted by atomic mass is 9.90. The molecule has 0 spiro atoms. The van der Waals surface area contributed by atoms with Gasteiger partial charge in [-0.05, 0) is 36.8 Å². The Kier molecular flexibility index (Phi) is 4.55. The summed E-state index contributed by atoms with van der Waals surface area (Å²) in [5.41, 5.74) is 6.77.